The highest BCUT2D eigenvalue weighted by Crippen LogP contribution is 2.31. The van der Waals surface area contributed by atoms with Gasteiger partial charge in [0.05, 0.1) is 3.79 Å². The van der Waals surface area contributed by atoms with Gasteiger partial charge in [-0.2, -0.15) is 0 Å². The molecular weight excluding hydrogens is 372 g/mol. The molecule has 0 aliphatic heterocycles. The molecule has 0 bridgehead atoms. The van der Waals surface area contributed by atoms with Gasteiger partial charge in [-0.1, -0.05) is 27.7 Å². The zero-order valence-corrected chi connectivity index (χ0v) is 16.3. The summed E-state index contributed by atoms with van der Waals surface area (Å²) in [6.45, 7) is 10.4. The first-order chi connectivity index (χ1) is 9.77. The first-order valence-electron chi connectivity index (χ1n) is 7.26. The van der Waals surface area contributed by atoms with Crippen LogP contribution in [0.1, 0.15) is 39.0 Å². The molecule has 1 heterocycles. The van der Waals surface area contributed by atoms with Gasteiger partial charge in [-0.25, -0.2) is 13.1 Å². The molecule has 0 aliphatic carbocycles. The molecule has 0 spiro atoms. The van der Waals surface area contributed by atoms with Crippen LogP contribution >= 0.6 is 27.3 Å². The maximum absolute atomic E-state index is 12.4. The second-order valence-corrected chi connectivity index (χ2v) is 9.79. The van der Waals surface area contributed by atoms with Gasteiger partial charge in [-0.05, 0) is 46.8 Å². The van der Waals surface area contributed by atoms with Crippen LogP contribution < -0.4 is 10.0 Å². The van der Waals surface area contributed by atoms with Crippen LogP contribution in [0.2, 0.25) is 0 Å². The van der Waals surface area contributed by atoms with Crippen LogP contribution in [-0.4, -0.2) is 21.5 Å². The van der Waals surface area contributed by atoms with Crippen LogP contribution in [0.4, 0.5) is 0 Å². The fourth-order valence-electron chi connectivity index (χ4n) is 1.61. The van der Waals surface area contributed by atoms with Crippen LogP contribution in [0, 0.1) is 11.8 Å². The predicted octanol–water partition coefficient (Wildman–Crippen LogP) is 3.58. The van der Waals surface area contributed by atoms with Crippen molar-refractivity contribution in [2.75, 3.05) is 13.1 Å². The topological polar surface area (TPSA) is 58.2 Å². The lowest BCUT2D eigenvalue weighted by Gasteiger charge is -2.15. The molecule has 1 unspecified atom stereocenters. The Morgan fingerprint density at radius 1 is 1.33 bits per heavy atom. The van der Waals surface area contributed by atoms with Crippen molar-refractivity contribution >= 4 is 37.3 Å². The van der Waals surface area contributed by atoms with Gasteiger partial charge in [0.25, 0.3) is 0 Å². The first-order valence-corrected chi connectivity index (χ1v) is 10.4. The predicted molar refractivity (Wildman–Crippen MR) is 93.2 cm³/mol. The van der Waals surface area contributed by atoms with Gasteiger partial charge < -0.3 is 5.32 Å². The van der Waals surface area contributed by atoms with Crippen LogP contribution in [0.15, 0.2) is 14.7 Å². The zero-order valence-electron chi connectivity index (χ0n) is 13.1. The summed E-state index contributed by atoms with van der Waals surface area (Å²) in [6.07, 6.45) is 1.06. The summed E-state index contributed by atoms with van der Waals surface area (Å²) in [6, 6.07) is 1.75. The summed E-state index contributed by atoms with van der Waals surface area (Å²) in [5.74, 6) is 0.760. The fourth-order valence-corrected chi connectivity index (χ4v) is 5.40. The van der Waals surface area contributed by atoms with Crippen molar-refractivity contribution in [3.8, 4) is 0 Å². The van der Waals surface area contributed by atoms with Crippen LogP contribution in [0.3, 0.4) is 0 Å². The van der Waals surface area contributed by atoms with Crippen molar-refractivity contribution < 1.29 is 8.42 Å². The average molecular weight is 397 g/mol. The first kappa shape index (κ1) is 19.1. The number of sulfonamides is 1. The molecular formula is C14H25BrN2O2S2. The van der Waals surface area contributed by atoms with Crippen LogP contribution in [0.5, 0.6) is 0 Å². The van der Waals surface area contributed by atoms with E-state index in [0.717, 1.165) is 17.8 Å². The Morgan fingerprint density at radius 2 is 2.00 bits per heavy atom. The summed E-state index contributed by atoms with van der Waals surface area (Å²) in [5.41, 5.74) is 0. The van der Waals surface area contributed by atoms with Crippen molar-refractivity contribution in [1.29, 1.82) is 0 Å². The molecule has 1 aromatic rings. The largest absolute Gasteiger partial charge is 0.312 e. The van der Waals surface area contributed by atoms with E-state index in [0.29, 0.717) is 33.6 Å². The minimum absolute atomic E-state index is 0.308. The lowest BCUT2D eigenvalue weighted by atomic mass is 9.99. The van der Waals surface area contributed by atoms with E-state index in [1.54, 1.807) is 6.07 Å². The molecule has 0 saturated carbocycles. The van der Waals surface area contributed by atoms with Gasteiger partial charge in [0.15, 0.2) is 0 Å². The second-order valence-electron chi connectivity index (χ2n) is 5.60. The Kier molecular flexibility index (Phi) is 7.84. The van der Waals surface area contributed by atoms with Gasteiger partial charge in [0.2, 0.25) is 10.0 Å². The Balaban J connectivity index is 2.74. The minimum atomic E-state index is -3.44. The van der Waals surface area contributed by atoms with Crippen molar-refractivity contribution in [2.24, 2.45) is 11.8 Å². The number of thiophene rings is 1. The normalized spacial score (nSPS) is 13.8. The minimum Gasteiger partial charge on any atom is -0.312 e. The van der Waals surface area contributed by atoms with Gasteiger partial charge >= 0.3 is 0 Å². The highest BCUT2D eigenvalue weighted by atomic mass is 79.9. The molecule has 0 radical (unpaired) electrons. The fraction of sp³-hybridized carbons (Fsp3) is 0.714. The summed E-state index contributed by atoms with van der Waals surface area (Å²) in [5, 5.41) is 3.28. The Labute approximate surface area is 140 Å². The Bertz CT molecular complexity index is 541. The summed E-state index contributed by atoms with van der Waals surface area (Å²) < 4.78 is 28.1. The lowest BCUT2D eigenvalue weighted by Crippen LogP contribution is -2.30. The third-order valence-electron chi connectivity index (χ3n) is 3.46. The number of hydrogen-bond acceptors (Lipinski definition) is 4. The van der Waals surface area contributed by atoms with E-state index in [1.807, 2.05) is 0 Å². The van der Waals surface area contributed by atoms with Crippen molar-refractivity contribution in [3.63, 3.8) is 0 Å². The van der Waals surface area contributed by atoms with E-state index in [-0.39, 0.29) is 0 Å². The molecule has 0 aromatic carbocycles. The molecule has 2 N–H and O–H groups in total. The standard InChI is InChI=1S/C14H25BrN2O2S2/c1-5-6-16-9-12-7-13(14(15)20-12)21(18,19)17-8-11(4)10(2)3/h7,10-11,16-17H,5-6,8-9H2,1-4H3. The quantitative estimate of drug-likeness (QED) is 0.627. The lowest BCUT2D eigenvalue weighted by molar-refractivity contribution is 0.414. The highest BCUT2D eigenvalue weighted by Gasteiger charge is 2.21. The third kappa shape index (κ3) is 5.98. The monoisotopic (exact) mass is 396 g/mol. The average Bonchev–Trinajstić information content (AvgIpc) is 2.78. The van der Waals surface area contributed by atoms with E-state index >= 15 is 0 Å². The van der Waals surface area contributed by atoms with E-state index in [2.05, 4.69) is 53.7 Å². The number of rotatable bonds is 9. The maximum Gasteiger partial charge on any atom is 0.242 e. The third-order valence-corrected chi connectivity index (χ3v) is 7.13. The van der Waals surface area contributed by atoms with Crippen molar-refractivity contribution in [1.82, 2.24) is 10.0 Å². The van der Waals surface area contributed by atoms with Crippen molar-refractivity contribution in [3.05, 3.63) is 14.7 Å². The molecule has 0 aliphatic rings. The van der Waals surface area contributed by atoms with Crippen LogP contribution in [-0.2, 0) is 16.6 Å². The van der Waals surface area contributed by atoms with E-state index < -0.39 is 10.0 Å². The van der Waals surface area contributed by atoms with Gasteiger partial charge in [-0.3, -0.25) is 0 Å². The second kappa shape index (κ2) is 8.62. The molecule has 1 aromatic heterocycles. The molecule has 122 valence electrons. The molecule has 1 rings (SSSR count). The molecule has 0 saturated heterocycles. The Hall–Kier alpha value is 0.0500. The Morgan fingerprint density at radius 3 is 2.57 bits per heavy atom. The maximum atomic E-state index is 12.4. The van der Waals surface area contributed by atoms with Crippen molar-refractivity contribution in [2.45, 2.75) is 45.6 Å². The number of halogens is 1. The molecule has 21 heavy (non-hydrogen) atoms. The van der Waals surface area contributed by atoms with Crippen LogP contribution in [0.25, 0.3) is 0 Å². The smallest absolute Gasteiger partial charge is 0.242 e. The number of nitrogens with one attached hydrogen (secondary N) is 2. The SMILES string of the molecule is CCCNCc1cc(S(=O)(=O)NCC(C)C(C)C)c(Br)s1. The van der Waals surface area contributed by atoms with Gasteiger partial charge in [0.1, 0.15) is 4.90 Å². The zero-order chi connectivity index (χ0) is 16.0. The molecule has 7 heteroatoms. The van der Waals surface area contributed by atoms with E-state index in [4.69, 9.17) is 0 Å². The summed E-state index contributed by atoms with van der Waals surface area (Å²) in [7, 11) is -3.44. The molecule has 0 amide bonds. The summed E-state index contributed by atoms with van der Waals surface area (Å²) in [4.78, 5) is 1.37. The number of hydrogen-bond donors (Lipinski definition) is 2. The molecule has 4 nitrogen and oxygen atoms in total. The van der Waals surface area contributed by atoms with Gasteiger partial charge in [-0.15, -0.1) is 11.3 Å². The molecule has 0 fully saturated rings. The highest BCUT2D eigenvalue weighted by molar-refractivity contribution is 9.11. The molecule has 1 atom stereocenters. The summed E-state index contributed by atoms with van der Waals surface area (Å²) >= 11 is 4.84. The van der Waals surface area contributed by atoms with Gasteiger partial charge in [0, 0.05) is 18.0 Å². The van der Waals surface area contributed by atoms with E-state index in [1.165, 1.54) is 11.3 Å². The van der Waals surface area contributed by atoms with E-state index in [9.17, 15) is 8.42 Å².